The van der Waals surface area contributed by atoms with Gasteiger partial charge < -0.3 is 61.3 Å². The molecule has 0 spiro atoms. The summed E-state index contributed by atoms with van der Waals surface area (Å²) in [6.45, 7) is 14.1. The van der Waals surface area contributed by atoms with Crippen LogP contribution in [0.4, 0.5) is 0 Å². The van der Waals surface area contributed by atoms with Crippen LogP contribution in [0, 0.1) is 13.8 Å². The first-order valence-electron chi connectivity index (χ1n) is 27.9. The van der Waals surface area contributed by atoms with E-state index in [9.17, 15) is 89.4 Å². The van der Waals surface area contributed by atoms with Crippen LogP contribution >= 0.6 is 0 Å². The summed E-state index contributed by atoms with van der Waals surface area (Å²) >= 11 is 0. The predicted octanol–water partition coefficient (Wildman–Crippen LogP) is 13.4. The van der Waals surface area contributed by atoms with E-state index in [1.54, 1.807) is 38.1 Å². The summed E-state index contributed by atoms with van der Waals surface area (Å²) in [7, 11) is 0. The van der Waals surface area contributed by atoms with Crippen molar-refractivity contribution in [1.82, 2.24) is 0 Å². The molecule has 460 valence electrons. The Balaban J connectivity index is 0.000000307. The Morgan fingerprint density at radius 3 is 1.20 bits per heavy atom. The number of unbranched alkanes of at least 4 members (excludes halogenated alkanes) is 6. The van der Waals surface area contributed by atoms with Gasteiger partial charge in [-0.15, -0.1) is 0 Å². The summed E-state index contributed by atoms with van der Waals surface area (Å²) in [4.78, 5) is 90.8. The molecule has 20 nitrogen and oxygen atoms in total. The van der Waals surface area contributed by atoms with Gasteiger partial charge in [-0.3, -0.25) is 0 Å². The molecule has 6 rings (SSSR count). The van der Waals surface area contributed by atoms with Crippen LogP contribution < -0.4 is 0 Å². The Kier molecular flexibility index (Phi) is 27.0. The SMILES string of the molecule is CC(C)c1cc(C(=O)O)c(C(=O)O)c(C(C)C)c1O.CCCCCCc1cc(C(=O)O)c(C(=O)O)c(CCCCCC)c1O.Cc1cc(C(=O)O)c(C(=O)O)c(C)c1O.O=C(O)c1cc(Cc2ccccc2)c(O)c(Cc2ccccc2)c1C(=O)O. The van der Waals surface area contributed by atoms with Crippen molar-refractivity contribution in [3.05, 3.63) is 185 Å². The molecule has 0 heterocycles. The van der Waals surface area contributed by atoms with Gasteiger partial charge in [0, 0.05) is 35.1 Å². The molecule has 0 saturated carbocycles. The molecule has 0 aromatic heterocycles. The Morgan fingerprint density at radius 1 is 0.384 bits per heavy atom. The second kappa shape index (κ2) is 32.9. The lowest BCUT2D eigenvalue weighted by molar-refractivity contribution is 0.0649. The molecule has 0 unspecified atom stereocenters. The van der Waals surface area contributed by atoms with Crippen molar-refractivity contribution in [1.29, 1.82) is 0 Å². The lowest BCUT2D eigenvalue weighted by atomic mass is 9.86. The highest BCUT2D eigenvalue weighted by Crippen LogP contribution is 2.39. The number of carbonyl (C=O) groups is 8. The molecule has 0 radical (unpaired) electrons. The maximum atomic E-state index is 11.8. The monoisotopic (exact) mass is 1190 g/mol. The molecule has 6 aromatic carbocycles. The van der Waals surface area contributed by atoms with Crippen molar-refractivity contribution in [3.8, 4) is 23.0 Å². The highest BCUT2D eigenvalue weighted by atomic mass is 16.4. The largest absolute Gasteiger partial charge is 0.507 e. The maximum absolute atomic E-state index is 11.8. The number of phenolic OH excluding ortho intramolecular Hbond substituents is 4. The van der Waals surface area contributed by atoms with Gasteiger partial charge in [-0.05, 0) is 109 Å². The van der Waals surface area contributed by atoms with Crippen molar-refractivity contribution >= 4 is 47.8 Å². The van der Waals surface area contributed by atoms with E-state index in [-0.39, 0.29) is 108 Å². The second-order valence-electron chi connectivity index (χ2n) is 21.0. The number of aromatic carboxylic acids is 8. The number of carboxylic acid groups (broad SMARTS) is 8. The molecular formula is C66H76O20. The van der Waals surface area contributed by atoms with Gasteiger partial charge in [0.2, 0.25) is 0 Å². The lowest BCUT2D eigenvalue weighted by Crippen LogP contribution is -2.14. The molecule has 20 heteroatoms. The average molecular weight is 1190 g/mol. The first kappa shape index (κ1) is 70.5. The van der Waals surface area contributed by atoms with Gasteiger partial charge in [0.25, 0.3) is 0 Å². The van der Waals surface area contributed by atoms with Gasteiger partial charge in [-0.25, -0.2) is 38.4 Å². The van der Waals surface area contributed by atoms with Crippen LogP contribution in [0.5, 0.6) is 23.0 Å². The van der Waals surface area contributed by atoms with E-state index >= 15 is 0 Å². The molecule has 0 fully saturated rings. The van der Waals surface area contributed by atoms with E-state index in [2.05, 4.69) is 13.8 Å². The first-order chi connectivity index (χ1) is 40.4. The zero-order valence-electron chi connectivity index (χ0n) is 49.4. The van der Waals surface area contributed by atoms with Crippen LogP contribution in [-0.4, -0.2) is 109 Å². The number of hydrogen-bond donors (Lipinski definition) is 12. The number of phenols is 4. The lowest BCUT2D eigenvalue weighted by Gasteiger charge is -2.19. The Morgan fingerprint density at radius 2 is 0.779 bits per heavy atom. The zero-order valence-corrected chi connectivity index (χ0v) is 49.4. The van der Waals surface area contributed by atoms with E-state index in [0.717, 1.165) is 68.6 Å². The molecule has 0 aliphatic heterocycles. The smallest absolute Gasteiger partial charge is 0.337 e. The van der Waals surface area contributed by atoms with Crippen LogP contribution in [0.3, 0.4) is 0 Å². The average Bonchev–Trinajstić information content (AvgIpc) is 1.02. The highest BCUT2D eigenvalue weighted by Gasteiger charge is 2.30. The Bertz CT molecular complexity index is 3430. The Hall–Kier alpha value is -9.72. The third-order valence-electron chi connectivity index (χ3n) is 14.1. The molecule has 0 atom stereocenters. The number of rotatable bonds is 24. The van der Waals surface area contributed by atoms with Crippen LogP contribution in [0.1, 0.15) is 243 Å². The van der Waals surface area contributed by atoms with Gasteiger partial charge in [-0.1, -0.05) is 141 Å². The van der Waals surface area contributed by atoms with Crippen LogP contribution in [0.2, 0.25) is 0 Å². The summed E-state index contributed by atoms with van der Waals surface area (Å²) in [6, 6.07) is 23.3. The molecule has 0 bridgehead atoms. The van der Waals surface area contributed by atoms with Crippen molar-refractivity contribution in [2.24, 2.45) is 0 Å². The minimum absolute atomic E-state index is 0.0320. The van der Waals surface area contributed by atoms with Gasteiger partial charge in [0.1, 0.15) is 23.0 Å². The molecule has 0 aliphatic rings. The minimum Gasteiger partial charge on any atom is -0.507 e. The number of hydrogen-bond acceptors (Lipinski definition) is 12. The normalized spacial score (nSPS) is 10.6. The Labute approximate surface area is 498 Å². The molecular weight excluding hydrogens is 1110 g/mol. The van der Waals surface area contributed by atoms with Gasteiger partial charge in [0.05, 0.1) is 44.5 Å². The third-order valence-corrected chi connectivity index (χ3v) is 14.1. The highest BCUT2D eigenvalue weighted by molar-refractivity contribution is 6.06. The van der Waals surface area contributed by atoms with Crippen LogP contribution in [0.25, 0.3) is 0 Å². The molecule has 0 aliphatic carbocycles. The van der Waals surface area contributed by atoms with Crippen LogP contribution in [0.15, 0.2) is 84.9 Å². The van der Waals surface area contributed by atoms with E-state index in [1.165, 1.54) is 32.0 Å². The van der Waals surface area contributed by atoms with Gasteiger partial charge in [-0.2, -0.15) is 0 Å². The van der Waals surface area contributed by atoms with E-state index < -0.39 is 47.8 Å². The number of aromatic hydroxyl groups is 4. The quantitative estimate of drug-likeness (QED) is 0.0250. The summed E-state index contributed by atoms with van der Waals surface area (Å²) < 4.78 is 0. The zero-order chi connectivity index (χ0) is 64.9. The van der Waals surface area contributed by atoms with Crippen molar-refractivity contribution < 1.29 is 99.6 Å². The van der Waals surface area contributed by atoms with Crippen molar-refractivity contribution in [2.75, 3.05) is 0 Å². The maximum Gasteiger partial charge on any atom is 0.337 e. The van der Waals surface area contributed by atoms with E-state index in [1.807, 2.05) is 50.2 Å². The van der Waals surface area contributed by atoms with Gasteiger partial charge in [0.15, 0.2) is 0 Å². The topological polar surface area (TPSA) is 379 Å². The fraction of sp³-hybridized carbons (Fsp3) is 0.333. The number of benzene rings is 6. The fourth-order valence-corrected chi connectivity index (χ4v) is 9.77. The predicted molar refractivity (Wildman–Crippen MR) is 320 cm³/mol. The van der Waals surface area contributed by atoms with E-state index in [4.69, 9.17) is 10.2 Å². The third kappa shape index (κ3) is 18.6. The minimum atomic E-state index is -1.38. The fourth-order valence-electron chi connectivity index (χ4n) is 9.77. The summed E-state index contributed by atoms with van der Waals surface area (Å²) in [6.07, 6.45) is 9.15. The van der Waals surface area contributed by atoms with Crippen LogP contribution in [-0.2, 0) is 25.7 Å². The summed E-state index contributed by atoms with van der Waals surface area (Å²) in [5.74, 6) is -11.5. The van der Waals surface area contributed by atoms with E-state index in [0.29, 0.717) is 41.5 Å². The standard InChI is InChI=1S/C22H18O5.C20H30O5.C14H18O5.C10H10O5/c23-20-16(11-14-7-3-1-4-8-14)13-18(21(24)25)19(22(26)27)17(20)12-15-9-5-2-6-10-15;1-3-5-7-9-11-14-13-16(19(22)23)17(20(24)25)15(18(14)21)12-10-8-6-4-2;1-6(2)8-5-9(13(16)17)11(14(18)19)10(7(3)4)12(8)15;1-4-3-6(9(12)13)7(10(14)15)5(2)8(4)11/h1-10,13,23H,11-12H2,(H,24,25)(H,26,27);13,21H,3-12H2,1-2H3,(H,22,23)(H,24,25);5-7,15H,1-4H3,(H,16,17)(H,18,19);3,11H,1-2H3,(H,12,13)(H,14,15). The number of aryl methyl sites for hydroxylation is 2. The second-order valence-corrected chi connectivity index (χ2v) is 21.0. The molecule has 86 heavy (non-hydrogen) atoms. The van der Waals surface area contributed by atoms with Crippen molar-refractivity contribution in [3.63, 3.8) is 0 Å². The molecule has 0 saturated heterocycles. The van der Waals surface area contributed by atoms with Gasteiger partial charge >= 0.3 is 47.8 Å². The summed E-state index contributed by atoms with van der Waals surface area (Å²) in [5.41, 5.74) is 1.55. The molecule has 6 aromatic rings. The molecule has 12 N–H and O–H groups in total. The molecule has 0 amide bonds. The number of carboxylic acids is 8. The summed E-state index contributed by atoms with van der Waals surface area (Å²) in [5, 5.41) is 115. The first-order valence-corrected chi connectivity index (χ1v) is 27.9. The van der Waals surface area contributed by atoms with Crippen molar-refractivity contribution in [2.45, 2.75) is 144 Å².